The lowest BCUT2D eigenvalue weighted by molar-refractivity contribution is 0.0580. The van der Waals surface area contributed by atoms with Crippen LogP contribution in [0.3, 0.4) is 0 Å². The molecular weight excluding hydrogens is 452 g/mol. The third-order valence-electron chi connectivity index (χ3n) is 8.12. The van der Waals surface area contributed by atoms with E-state index in [1.165, 1.54) is 32.4 Å². The topological polar surface area (TPSA) is 94.5 Å². The van der Waals surface area contributed by atoms with Gasteiger partial charge in [-0.3, -0.25) is 9.78 Å². The minimum atomic E-state index is -0.266. The normalized spacial score (nSPS) is 20.9. The van der Waals surface area contributed by atoms with Crippen LogP contribution in [-0.2, 0) is 6.42 Å². The molecule has 0 spiro atoms. The number of hydrogen-bond acceptors (Lipinski definition) is 6. The molecule has 186 valence electrons. The summed E-state index contributed by atoms with van der Waals surface area (Å²) in [5, 5.41) is 3.28. The molecule has 8 heteroatoms. The highest BCUT2D eigenvalue weighted by Gasteiger charge is 2.30. The Morgan fingerprint density at radius 1 is 0.944 bits per heavy atom. The van der Waals surface area contributed by atoms with Crippen molar-refractivity contribution in [2.45, 2.75) is 57.0 Å². The SMILES string of the molecule is O=NC1CCc2cc(-c3nc(C(=O)N4CCC(N5CCCCC5)CC4)[nH]c3-c3ccncc3)ccc21. The number of aromatic amines is 1. The molecule has 36 heavy (non-hydrogen) atoms. The molecule has 2 saturated heterocycles. The lowest BCUT2D eigenvalue weighted by Crippen LogP contribution is -2.48. The van der Waals surface area contributed by atoms with Gasteiger partial charge in [0, 0.05) is 42.7 Å². The summed E-state index contributed by atoms with van der Waals surface area (Å²) < 4.78 is 0. The van der Waals surface area contributed by atoms with Crippen molar-refractivity contribution in [1.82, 2.24) is 24.8 Å². The summed E-state index contributed by atoms with van der Waals surface area (Å²) in [7, 11) is 0. The Morgan fingerprint density at radius 2 is 1.72 bits per heavy atom. The van der Waals surface area contributed by atoms with Gasteiger partial charge in [-0.25, -0.2) is 4.98 Å². The molecule has 2 fully saturated rings. The van der Waals surface area contributed by atoms with E-state index in [1.54, 1.807) is 12.4 Å². The number of rotatable bonds is 5. The molecule has 1 unspecified atom stereocenters. The number of H-pyrrole nitrogens is 1. The van der Waals surface area contributed by atoms with Gasteiger partial charge in [0.1, 0.15) is 6.04 Å². The highest BCUT2D eigenvalue weighted by Crippen LogP contribution is 2.38. The van der Waals surface area contributed by atoms with E-state index in [9.17, 15) is 9.70 Å². The first-order chi connectivity index (χ1) is 17.7. The maximum atomic E-state index is 13.5. The second-order valence-corrected chi connectivity index (χ2v) is 10.2. The number of aryl methyl sites for hydroxylation is 1. The van der Waals surface area contributed by atoms with E-state index in [4.69, 9.17) is 4.98 Å². The number of carbonyl (C=O) groups is 1. The number of piperidine rings is 2. The summed E-state index contributed by atoms with van der Waals surface area (Å²) in [6.45, 7) is 3.92. The molecule has 3 aliphatic rings. The van der Waals surface area contributed by atoms with Crippen LogP contribution in [0.4, 0.5) is 0 Å². The van der Waals surface area contributed by atoms with Gasteiger partial charge < -0.3 is 14.8 Å². The molecule has 1 atom stereocenters. The number of carbonyl (C=O) groups excluding carboxylic acids is 1. The largest absolute Gasteiger partial charge is 0.336 e. The molecule has 3 aromatic rings. The van der Waals surface area contributed by atoms with Crippen LogP contribution >= 0.6 is 0 Å². The number of pyridine rings is 1. The van der Waals surface area contributed by atoms with Gasteiger partial charge in [0.15, 0.2) is 5.82 Å². The number of fused-ring (bicyclic) bond motifs is 1. The summed E-state index contributed by atoms with van der Waals surface area (Å²) in [4.78, 5) is 41.6. The summed E-state index contributed by atoms with van der Waals surface area (Å²) >= 11 is 0. The fourth-order valence-electron chi connectivity index (χ4n) is 6.13. The Bertz CT molecular complexity index is 1240. The van der Waals surface area contributed by atoms with Crippen molar-refractivity contribution >= 4 is 5.91 Å². The van der Waals surface area contributed by atoms with Crippen LogP contribution in [0.2, 0.25) is 0 Å². The predicted octanol–water partition coefficient (Wildman–Crippen LogP) is 4.98. The van der Waals surface area contributed by atoms with Crippen molar-refractivity contribution in [3.05, 3.63) is 64.6 Å². The zero-order chi connectivity index (χ0) is 24.5. The summed E-state index contributed by atoms with van der Waals surface area (Å²) in [6.07, 6.45) is 11.0. The molecule has 4 heterocycles. The monoisotopic (exact) mass is 484 g/mol. The molecule has 6 rings (SSSR count). The van der Waals surface area contributed by atoms with E-state index < -0.39 is 0 Å². The Morgan fingerprint density at radius 3 is 2.47 bits per heavy atom. The zero-order valence-corrected chi connectivity index (χ0v) is 20.5. The number of nitrogens with one attached hydrogen (secondary N) is 1. The molecule has 1 aromatic carbocycles. The molecule has 2 aromatic heterocycles. The van der Waals surface area contributed by atoms with Crippen molar-refractivity contribution in [3.8, 4) is 22.5 Å². The quantitative estimate of drug-likeness (QED) is 0.515. The molecule has 1 N–H and O–H groups in total. The number of hydrogen-bond donors (Lipinski definition) is 1. The van der Waals surface area contributed by atoms with Crippen LogP contribution in [0, 0.1) is 4.91 Å². The minimum Gasteiger partial charge on any atom is -0.336 e. The maximum Gasteiger partial charge on any atom is 0.289 e. The van der Waals surface area contributed by atoms with Gasteiger partial charge in [-0.1, -0.05) is 23.7 Å². The fourth-order valence-corrected chi connectivity index (χ4v) is 6.13. The van der Waals surface area contributed by atoms with E-state index in [0.29, 0.717) is 11.9 Å². The van der Waals surface area contributed by atoms with Crippen molar-refractivity contribution < 1.29 is 4.79 Å². The predicted molar refractivity (Wildman–Crippen MR) is 138 cm³/mol. The molecule has 2 aliphatic heterocycles. The lowest BCUT2D eigenvalue weighted by atomic mass is 10.00. The average Bonchev–Trinajstić information content (AvgIpc) is 3.58. The number of nitroso groups, excluding NO2 is 1. The number of nitrogens with zero attached hydrogens (tertiary/aromatic N) is 5. The number of likely N-dealkylation sites (tertiary alicyclic amines) is 2. The summed E-state index contributed by atoms with van der Waals surface area (Å²) in [5.41, 5.74) is 5.57. The molecule has 0 radical (unpaired) electrons. The average molecular weight is 485 g/mol. The van der Waals surface area contributed by atoms with Gasteiger partial charge in [0.05, 0.1) is 11.4 Å². The van der Waals surface area contributed by atoms with Gasteiger partial charge in [0.25, 0.3) is 5.91 Å². The van der Waals surface area contributed by atoms with E-state index in [-0.39, 0.29) is 11.9 Å². The van der Waals surface area contributed by atoms with Crippen molar-refractivity contribution in [2.24, 2.45) is 5.18 Å². The van der Waals surface area contributed by atoms with Gasteiger partial charge >= 0.3 is 0 Å². The lowest BCUT2D eigenvalue weighted by Gasteiger charge is -2.40. The van der Waals surface area contributed by atoms with Crippen molar-refractivity contribution in [3.63, 3.8) is 0 Å². The van der Waals surface area contributed by atoms with E-state index >= 15 is 0 Å². The van der Waals surface area contributed by atoms with Gasteiger partial charge in [-0.2, -0.15) is 4.91 Å². The van der Waals surface area contributed by atoms with E-state index in [2.05, 4.69) is 26.1 Å². The van der Waals surface area contributed by atoms with Crippen LogP contribution in [0.15, 0.2) is 47.9 Å². The summed E-state index contributed by atoms with van der Waals surface area (Å²) in [5.74, 6) is 0.334. The van der Waals surface area contributed by atoms with Gasteiger partial charge in [-0.05, 0) is 80.9 Å². The van der Waals surface area contributed by atoms with Gasteiger partial charge in [-0.15, -0.1) is 0 Å². The van der Waals surface area contributed by atoms with Crippen LogP contribution in [0.1, 0.15) is 66.3 Å². The zero-order valence-electron chi connectivity index (χ0n) is 20.5. The molecule has 0 saturated carbocycles. The Kier molecular flexibility index (Phi) is 6.35. The molecule has 8 nitrogen and oxygen atoms in total. The number of aromatic nitrogens is 3. The minimum absolute atomic E-state index is 0.0416. The number of benzene rings is 1. The van der Waals surface area contributed by atoms with E-state index in [1.807, 2.05) is 29.2 Å². The summed E-state index contributed by atoms with van der Waals surface area (Å²) in [6, 6.07) is 10.2. The third-order valence-corrected chi connectivity index (χ3v) is 8.12. The highest BCUT2D eigenvalue weighted by atomic mass is 16.3. The molecule has 1 amide bonds. The molecule has 1 aliphatic carbocycles. The van der Waals surface area contributed by atoms with Crippen molar-refractivity contribution in [2.75, 3.05) is 26.2 Å². The third kappa shape index (κ3) is 4.34. The fraction of sp³-hybridized carbons (Fsp3) is 0.464. The van der Waals surface area contributed by atoms with Crippen LogP contribution < -0.4 is 0 Å². The van der Waals surface area contributed by atoms with Gasteiger partial charge in [0.2, 0.25) is 0 Å². The highest BCUT2D eigenvalue weighted by molar-refractivity contribution is 5.93. The van der Waals surface area contributed by atoms with E-state index in [0.717, 1.165) is 72.4 Å². The maximum absolute atomic E-state index is 13.5. The number of amides is 1. The Balaban J connectivity index is 1.27. The molecule has 0 bridgehead atoms. The smallest absolute Gasteiger partial charge is 0.289 e. The van der Waals surface area contributed by atoms with Crippen LogP contribution in [0.25, 0.3) is 22.5 Å². The Hall–Kier alpha value is -3.39. The Labute approximate surface area is 211 Å². The molecular formula is C28H32N6O2. The second-order valence-electron chi connectivity index (χ2n) is 10.2. The second kappa shape index (κ2) is 9.93. The van der Waals surface area contributed by atoms with Crippen molar-refractivity contribution in [1.29, 1.82) is 0 Å². The first kappa shape index (κ1) is 23.0. The van der Waals surface area contributed by atoms with Crippen LogP contribution in [0.5, 0.6) is 0 Å². The number of imidazole rings is 1. The standard InChI is InChI=1S/C28H32N6O2/c35-28(34-16-10-22(11-17-34)33-14-2-1-3-15-33)27-30-25(19-8-12-29-13-9-19)26(31-27)21-4-6-23-20(18-21)5-7-24(23)32-36/h4,6,8-9,12-13,18,22,24H,1-3,5,7,10-11,14-17H2,(H,30,31). The van der Waals surface area contributed by atoms with Crippen LogP contribution in [-0.4, -0.2) is 62.9 Å². The first-order valence-electron chi connectivity index (χ1n) is 13.2. The first-order valence-corrected chi connectivity index (χ1v) is 13.2.